The van der Waals surface area contributed by atoms with E-state index in [1.807, 2.05) is 48.5 Å². The van der Waals surface area contributed by atoms with Crippen molar-refractivity contribution in [3.05, 3.63) is 78.1 Å². The van der Waals surface area contributed by atoms with Gasteiger partial charge in [0.15, 0.2) is 0 Å². The van der Waals surface area contributed by atoms with Crippen molar-refractivity contribution in [3.63, 3.8) is 0 Å². The Morgan fingerprint density at radius 3 is 2.16 bits per heavy atom. The standard InChI is InChI=1S/C21H18N2O.Ni/c1-14-10-11-15(2)23(14)21-9-5-8-19(22-21)17-12-13-20(24)18-7-4-3-6-16(17)18;/h3-13,24H,1-2H3;. The molecule has 2 aromatic carbocycles. The summed E-state index contributed by atoms with van der Waals surface area (Å²) in [4.78, 5) is 4.87. The molecule has 0 spiro atoms. The maximum absolute atomic E-state index is 10.1. The second kappa shape index (κ2) is 6.74. The maximum atomic E-state index is 10.1. The molecule has 25 heavy (non-hydrogen) atoms. The average Bonchev–Trinajstić information content (AvgIpc) is 2.94. The molecule has 0 atom stereocenters. The van der Waals surface area contributed by atoms with Crippen molar-refractivity contribution in [2.45, 2.75) is 13.8 Å². The SMILES string of the molecule is Cc1ccc(C)n1-c1cccc(-c2ccc(O)c3ccccc23)n1.[Ni]. The first-order valence-corrected chi connectivity index (χ1v) is 7.98. The minimum absolute atomic E-state index is 0. The number of fused-ring (bicyclic) bond motifs is 1. The molecule has 2 aromatic heterocycles. The summed E-state index contributed by atoms with van der Waals surface area (Å²) in [6, 6.07) is 21.8. The molecule has 0 amide bonds. The monoisotopic (exact) mass is 372 g/mol. The minimum atomic E-state index is 0. The van der Waals surface area contributed by atoms with Gasteiger partial charge in [-0.05, 0) is 55.6 Å². The van der Waals surface area contributed by atoms with Gasteiger partial charge < -0.3 is 9.67 Å². The fourth-order valence-corrected chi connectivity index (χ4v) is 3.23. The van der Waals surface area contributed by atoms with Gasteiger partial charge in [0.25, 0.3) is 0 Å². The fraction of sp³-hybridized carbons (Fsp3) is 0.0952. The number of nitrogens with zero attached hydrogens (tertiary/aromatic N) is 2. The van der Waals surface area contributed by atoms with Crippen LogP contribution in [0.3, 0.4) is 0 Å². The van der Waals surface area contributed by atoms with Gasteiger partial charge in [0, 0.05) is 38.8 Å². The molecular weight excluding hydrogens is 355 g/mol. The molecule has 0 unspecified atom stereocenters. The summed E-state index contributed by atoms with van der Waals surface area (Å²) in [5.41, 5.74) is 4.24. The van der Waals surface area contributed by atoms with Gasteiger partial charge in [-0.2, -0.15) is 0 Å². The zero-order chi connectivity index (χ0) is 16.7. The molecule has 0 aliphatic heterocycles. The van der Waals surface area contributed by atoms with Crippen LogP contribution in [0.5, 0.6) is 5.75 Å². The molecule has 0 aliphatic carbocycles. The normalized spacial score (nSPS) is 10.6. The third-order valence-corrected chi connectivity index (χ3v) is 4.41. The summed E-state index contributed by atoms with van der Waals surface area (Å²) in [7, 11) is 0. The van der Waals surface area contributed by atoms with Crippen molar-refractivity contribution >= 4 is 10.8 Å². The van der Waals surface area contributed by atoms with E-state index in [1.165, 1.54) is 0 Å². The van der Waals surface area contributed by atoms with Crippen molar-refractivity contribution in [3.8, 4) is 22.8 Å². The number of pyridine rings is 1. The minimum Gasteiger partial charge on any atom is -0.507 e. The van der Waals surface area contributed by atoms with Gasteiger partial charge in [0.2, 0.25) is 0 Å². The maximum Gasteiger partial charge on any atom is 0.137 e. The van der Waals surface area contributed by atoms with Crippen LogP contribution in [0.2, 0.25) is 0 Å². The molecule has 3 nitrogen and oxygen atoms in total. The second-order valence-corrected chi connectivity index (χ2v) is 6.01. The summed E-state index contributed by atoms with van der Waals surface area (Å²) in [5.74, 6) is 1.20. The molecule has 1 N–H and O–H groups in total. The largest absolute Gasteiger partial charge is 0.507 e. The molecule has 0 saturated heterocycles. The molecule has 0 saturated carbocycles. The van der Waals surface area contributed by atoms with Crippen LogP contribution in [0.15, 0.2) is 66.7 Å². The van der Waals surface area contributed by atoms with Gasteiger partial charge in [-0.15, -0.1) is 0 Å². The van der Waals surface area contributed by atoms with Crippen molar-refractivity contribution in [2.24, 2.45) is 0 Å². The number of rotatable bonds is 2. The van der Waals surface area contributed by atoms with Gasteiger partial charge >= 0.3 is 0 Å². The van der Waals surface area contributed by atoms with Crippen LogP contribution in [-0.2, 0) is 16.5 Å². The van der Waals surface area contributed by atoms with Crippen LogP contribution in [0.25, 0.3) is 27.8 Å². The Bertz CT molecular complexity index is 1030. The molecule has 4 heteroatoms. The number of benzene rings is 2. The van der Waals surface area contributed by atoms with E-state index in [9.17, 15) is 5.11 Å². The van der Waals surface area contributed by atoms with Crippen molar-refractivity contribution in [2.75, 3.05) is 0 Å². The number of phenols is 1. The zero-order valence-corrected chi connectivity index (χ0v) is 15.0. The van der Waals surface area contributed by atoms with E-state index in [0.717, 1.165) is 39.2 Å². The van der Waals surface area contributed by atoms with Crippen LogP contribution in [-0.4, -0.2) is 14.7 Å². The number of aryl methyl sites for hydroxylation is 2. The van der Waals surface area contributed by atoms with E-state index in [2.05, 4.69) is 30.5 Å². The number of hydrogen-bond donors (Lipinski definition) is 1. The van der Waals surface area contributed by atoms with Crippen molar-refractivity contribution in [1.82, 2.24) is 9.55 Å². The molecule has 4 rings (SSSR count). The van der Waals surface area contributed by atoms with Crippen LogP contribution in [0.1, 0.15) is 11.4 Å². The Labute approximate surface area is 156 Å². The van der Waals surface area contributed by atoms with Crippen LogP contribution < -0.4 is 0 Å². The van der Waals surface area contributed by atoms with E-state index in [0.29, 0.717) is 5.75 Å². The van der Waals surface area contributed by atoms with Crippen molar-refractivity contribution in [1.29, 1.82) is 0 Å². The molecule has 0 aliphatic rings. The molecule has 2 heterocycles. The van der Waals surface area contributed by atoms with Crippen LogP contribution in [0.4, 0.5) is 0 Å². The smallest absolute Gasteiger partial charge is 0.137 e. The Morgan fingerprint density at radius 2 is 1.44 bits per heavy atom. The molecule has 0 bridgehead atoms. The number of hydrogen-bond acceptors (Lipinski definition) is 2. The fourth-order valence-electron chi connectivity index (χ4n) is 3.23. The molecule has 128 valence electrons. The van der Waals surface area contributed by atoms with E-state index in [4.69, 9.17) is 4.98 Å². The molecule has 0 fully saturated rings. The summed E-state index contributed by atoms with van der Waals surface area (Å²) < 4.78 is 2.14. The van der Waals surface area contributed by atoms with Crippen LogP contribution >= 0.6 is 0 Å². The van der Waals surface area contributed by atoms with Gasteiger partial charge in [0.05, 0.1) is 5.69 Å². The Balaban J connectivity index is 0.00000182. The van der Waals surface area contributed by atoms with E-state index in [1.54, 1.807) is 6.07 Å². The predicted molar refractivity (Wildman–Crippen MR) is 97.6 cm³/mol. The van der Waals surface area contributed by atoms with Gasteiger partial charge in [-0.25, -0.2) is 4.98 Å². The first kappa shape index (κ1) is 17.3. The average molecular weight is 373 g/mol. The van der Waals surface area contributed by atoms with Crippen molar-refractivity contribution < 1.29 is 21.6 Å². The number of aromatic nitrogens is 2. The number of phenolic OH excluding ortho intramolecular Hbond substituents is 1. The second-order valence-electron chi connectivity index (χ2n) is 6.01. The molecular formula is C21H18N2NiO. The zero-order valence-electron chi connectivity index (χ0n) is 14.0. The summed E-state index contributed by atoms with van der Waals surface area (Å²) in [6.07, 6.45) is 0. The van der Waals surface area contributed by atoms with E-state index in [-0.39, 0.29) is 16.5 Å². The summed E-state index contributed by atoms with van der Waals surface area (Å²) in [5, 5.41) is 11.9. The topological polar surface area (TPSA) is 38.0 Å². The first-order valence-electron chi connectivity index (χ1n) is 7.98. The van der Waals surface area contributed by atoms with E-state index < -0.39 is 0 Å². The molecule has 0 radical (unpaired) electrons. The Morgan fingerprint density at radius 1 is 0.760 bits per heavy atom. The third kappa shape index (κ3) is 2.94. The first-order chi connectivity index (χ1) is 11.6. The van der Waals surface area contributed by atoms with Crippen LogP contribution in [0, 0.1) is 13.8 Å². The Kier molecular flexibility index (Phi) is 4.65. The van der Waals surface area contributed by atoms with E-state index >= 15 is 0 Å². The summed E-state index contributed by atoms with van der Waals surface area (Å²) in [6.45, 7) is 4.16. The molecule has 4 aromatic rings. The number of aromatic hydroxyl groups is 1. The van der Waals surface area contributed by atoms with Gasteiger partial charge in [-0.3, -0.25) is 0 Å². The van der Waals surface area contributed by atoms with Gasteiger partial charge in [-0.1, -0.05) is 30.3 Å². The Hall–Kier alpha value is -2.58. The third-order valence-electron chi connectivity index (χ3n) is 4.41. The quantitative estimate of drug-likeness (QED) is 0.502. The van der Waals surface area contributed by atoms with Gasteiger partial charge in [0.1, 0.15) is 11.6 Å². The summed E-state index contributed by atoms with van der Waals surface area (Å²) >= 11 is 0. The predicted octanol–water partition coefficient (Wildman–Crippen LogP) is 5.01.